The van der Waals surface area contributed by atoms with E-state index < -0.39 is 0 Å². The molecule has 1 heterocycles. The molecule has 0 aliphatic rings. The second kappa shape index (κ2) is 4.41. The van der Waals surface area contributed by atoms with E-state index in [0.717, 1.165) is 16.6 Å². The molecule has 0 spiro atoms. The summed E-state index contributed by atoms with van der Waals surface area (Å²) in [4.78, 5) is 4.52. The van der Waals surface area contributed by atoms with Gasteiger partial charge in [-0.1, -0.05) is 36.4 Å². The average Bonchev–Trinajstić information content (AvgIpc) is 2.47. The molecule has 3 rings (SSSR count). The summed E-state index contributed by atoms with van der Waals surface area (Å²) in [6.45, 7) is 0. The Morgan fingerprint density at radius 1 is 0.889 bits per heavy atom. The van der Waals surface area contributed by atoms with Crippen LogP contribution in [0.2, 0.25) is 0 Å². The first-order chi connectivity index (χ1) is 8.88. The minimum absolute atomic E-state index is 0.604. The fraction of sp³-hybridized carbons (Fsp3) is 0.0714. The number of fused-ring (bicyclic) bond motifs is 1. The highest BCUT2D eigenvalue weighted by Crippen LogP contribution is 2.23. The summed E-state index contributed by atoms with van der Waals surface area (Å²) < 4.78 is 5.29. The van der Waals surface area contributed by atoms with Crippen molar-refractivity contribution in [1.82, 2.24) is 15.2 Å². The minimum atomic E-state index is 0.604. The van der Waals surface area contributed by atoms with Gasteiger partial charge in [-0.25, -0.2) is 4.98 Å². The summed E-state index contributed by atoms with van der Waals surface area (Å²) in [5.74, 6) is 1.31. The molecule has 4 heteroatoms. The monoisotopic (exact) mass is 237 g/mol. The second-order valence-electron chi connectivity index (χ2n) is 3.83. The van der Waals surface area contributed by atoms with E-state index in [0.29, 0.717) is 11.6 Å². The molecule has 0 atom stereocenters. The van der Waals surface area contributed by atoms with Gasteiger partial charge in [0, 0.05) is 5.56 Å². The number of rotatable bonds is 2. The van der Waals surface area contributed by atoms with Gasteiger partial charge in [-0.15, -0.1) is 10.2 Å². The molecule has 0 aliphatic carbocycles. The van der Waals surface area contributed by atoms with Crippen molar-refractivity contribution in [2.24, 2.45) is 0 Å². The van der Waals surface area contributed by atoms with Gasteiger partial charge in [0.25, 0.3) is 0 Å². The third kappa shape index (κ3) is 1.78. The zero-order valence-corrected chi connectivity index (χ0v) is 9.87. The first kappa shape index (κ1) is 10.7. The SMILES string of the molecule is COc1cccc2nnc(-c3ccccc3)nc12. The van der Waals surface area contributed by atoms with Gasteiger partial charge in [0.15, 0.2) is 5.82 Å². The van der Waals surface area contributed by atoms with E-state index in [9.17, 15) is 0 Å². The molecule has 0 amide bonds. The molecule has 2 aromatic carbocycles. The molecule has 18 heavy (non-hydrogen) atoms. The largest absolute Gasteiger partial charge is 0.494 e. The minimum Gasteiger partial charge on any atom is -0.494 e. The van der Waals surface area contributed by atoms with Gasteiger partial charge in [-0.2, -0.15) is 0 Å². The summed E-state index contributed by atoms with van der Waals surface area (Å²) in [6, 6.07) is 15.4. The molecule has 88 valence electrons. The smallest absolute Gasteiger partial charge is 0.182 e. The molecule has 0 unspecified atom stereocenters. The van der Waals surface area contributed by atoms with Crippen molar-refractivity contribution in [3.8, 4) is 17.1 Å². The maximum atomic E-state index is 5.29. The lowest BCUT2D eigenvalue weighted by Gasteiger charge is -2.05. The van der Waals surface area contributed by atoms with Gasteiger partial charge in [-0.3, -0.25) is 0 Å². The molecule has 0 bridgehead atoms. The van der Waals surface area contributed by atoms with Crippen molar-refractivity contribution < 1.29 is 4.74 Å². The fourth-order valence-corrected chi connectivity index (χ4v) is 1.81. The number of aromatic nitrogens is 3. The second-order valence-corrected chi connectivity index (χ2v) is 3.83. The highest BCUT2D eigenvalue weighted by molar-refractivity contribution is 5.81. The first-order valence-corrected chi connectivity index (χ1v) is 5.61. The van der Waals surface area contributed by atoms with Crippen molar-refractivity contribution in [2.45, 2.75) is 0 Å². The van der Waals surface area contributed by atoms with Crippen LogP contribution < -0.4 is 4.74 Å². The van der Waals surface area contributed by atoms with Crippen LogP contribution in [0.5, 0.6) is 5.75 Å². The van der Waals surface area contributed by atoms with Crippen LogP contribution in [0.1, 0.15) is 0 Å². The van der Waals surface area contributed by atoms with Gasteiger partial charge in [-0.05, 0) is 12.1 Å². The summed E-state index contributed by atoms with van der Waals surface area (Å²) >= 11 is 0. The van der Waals surface area contributed by atoms with Crippen molar-refractivity contribution in [2.75, 3.05) is 7.11 Å². The topological polar surface area (TPSA) is 47.9 Å². The predicted molar refractivity (Wildman–Crippen MR) is 69.3 cm³/mol. The Morgan fingerprint density at radius 3 is 2.50 bits per heavy atom. The number of hydrogen-bond acceptors (Lipinski definition) is 4. The number of benzene rings is 2. The quantitative estimate of drug-likeness (QED) is 0.687. The highest BCUT2D eigenvalue weighted by Gasteiger charge is 2.07. The number of nitrogens with zero attached hydrogens (tertiary/aromatic N) is 3. The molecule has 0 N–H and O–H groups in total. The molecular formula is C14H11N3O. The Labute approximate surface area is 104 Å². The predicted octanol–water partition coefficient (Wildman–Crippen LogP) is 2.70. The van der Waals surface area contributed by atoms with Gasteiger partial charge < -0.3 is 4.74 Å². The standard InChI is InChI=1S/C14H11N3O/c1-18-12-9-5-8-11-13(12)15-14(17-16-11)10-6-3-2-4-7-10/h2-9H,1H3. The fourth-order valence-electron chi connectivity index (χ4n) is 1.81. The van der Waals surface area contributed by atoms with Crippen molar-refractivity contribution in [3.05, 3.63) is 48.5 Å². The number of ether oxygens (including phenoxy) is 1. The first-order valence-electron chi connectivity index (χ1n) is 5.61. The number of para-hydroxylation sites is 1. The van der Waals surface area contributed by atoms with Crippen molar-refractivity contribution >= 4 is 11.0 Å². The van der Waals surface area contributed by atoms with Crippen LogP contribution in [-0.4, -0.2) is 22.3 Å². The van der Waals surface area contributed by atoms with E-state index in [-0.39, 0.29) is 0 Å². The highest BCUT2D eigenvalue weighted by atomic mass is 16.5. The molecule has 0 radical (unpaired) electrons. The Kier molecular flexibility index (Phi) is 2.61. The van der Waals surface area contributed by atoms with Gasteiger partial charge >= 0.3 is 0 Å². The van der Waals surface area contributed by atoms with Gasteiger partial charge in [0.2, 0.25) is 0 Å². The maximum absolute atomic E-state index is 5.29. The van der Waals surface area contributed by atoms with E-state index >= 15 is 0 Å². The Hall–Kier alpha value is -2.49. The van der Waals surface area contributed by atoms with E-state index in [1.807, 2.05) is 48.5 Å². The Bertz CT molecular complexity index is 683. The molecule has 3 aromatic rings. The number of hydrogen-bond donors (Lipinski definition) is 0. The Morgan fingerprint density at radius 2 is 1.72 bits per heavy atom. The van der Waals surface area contributed by atoms with Crippen LogP contribution in [0.25, 0.3) is 22.4 Å². The van der Waals surface area contributed by atoms with E-state index in [1.165, 1.54) is 0 Å². The van der Waals surface area contributed by atoms with Crippen LogP contribution in [0, 0.1) is 0 Å². The molecule has 1 aromatic heterocycles. The van der Waals surface area contributed by atoms with Crippen LogP contribution in [-0.2, 0) is 0 Å². The lowest BCUT2D eigenvalue weighted by Crippen LogP contribution is -1.96. The molecule has 0 aliphatic heterocycles. The molecular weight excluding hydrogens is 226 g/mol. The molecule has 0 saturated heterocycles. The van der Waals surface area contributed by atoms with Crippen LogP contribution in [0.4, 0.5) is 0 Å². The zero-order valence-electron chi connectivity index (χ0n) is 9.87. The lowest BCUT2D eigenvalue weighted by atomic mass is 10.2. The number of methoxy groups -OCH3 is 1. The third-order valence-electron chi connectivity index (χ3n) is 2.70. The lowest BCUT2D eigenvalue weighted by molar-refractivity contribution is 0.418. The van der Waals surface area contributed by atoms with Crippen LogP contribution in [0.3, 0.4) is 0 Å². The van der Waals surface area contributed by atoms with Crippen LogP contribution >= 0.6 is 0 Å². The maximum Gasteiger partial charge on any atom is 0.182 e. The Balaban J connectivity index is 2.22. The summed E-state index contributed by atoms with van der Waals surface area (Å²) in [6.07, 6.45) is 0. The third-order valence-corrected chi connectivity index (χ3v) is 2.70. The van der Waals surface area contributed by atoms with E-state index in [4.69, 9.17) is 4.74 Å². The molecule has 4 nitrogen and oxygen atoms in total. The van der Waals surface area contributed by atoms with Crippen LogP contribution in [0.15, 0.2) is 48.5 Å². The van der Waals surface area contributed by atoms with Crippen molar-refractivity contribution in [3.63, 3.8) is 0 Å². The van der Waals surface area contributed by atoms with E-state index in [1.54, 1.807) is 7.11 Å². The van der Waals surface area contributed by atoms with Crippen molar-refractivity contribution in [1.29, 1.82) is 0 Å². The average molecular weight is 237 g/mol. The normalized spacial score (nSPS) is 10.5. The zero-order chi connectivity index (χ0) is 12.4. The van der Waals surface area contributed by atoms with Gasteiger partial charge in [0.05, 0.1) is 7.11 Å². The summed E-state index contributed by atoms with van der Waals surface area (Å²) in [5, 5.41) is 8.31. The van der Waals surface area contributed by atoms with Gasteiger partial charge in [0.1, 0.15) is 16.8 Å². The van der Waals surface area contributed by atoms with E-state index in [2.05, 4.69) is 15.2 Å². The summed E-state index contributed by atoms with van der Waals surface area (Å²) in [7, 11) is 1.62. The molecule has 0 fully saturated rings. The summed E-state index contributed by atoms with van der Waals surface area (Å²) in [5.41, 5.74) is 2.40. The molecule has 0 saturated carbocycles.